The van der Waals surface area contributed by atoms with Gasteiger partial charge in [-0.3, -0.25) is 9.78 Å². The number of hydrogen-bond donors (Lipinski definition) is 0. The Morgan fingerprint density at radius 2 is 1.97 bits per heavy atom. The molecular weight excluding hydrogens is 451 g/mol. The van der Waals surface area contributed by atoms with Crippen LogP contribution in [0.3, 0.4) is 0 Å². The number of amides is 1. The first kappa shape index (κ1) is 23.9. The van der Waals surface area contributed by atoms with E-state index in [2.05, 4.69) is 4.98 Å². The number of pyridine rings is 1. The van der Waals surface area contributed by atoms with Gasteiger partial charge in [-0.05, 0) is 63.5 Å². The second-order valence-electron chi connectivity index (χ2n) is 8.56. The molecule has 10 heteroatoms. The summed E-state index contributed by atoms with van der Waals surface area (Å²) >= 11 is 4.79. The summed E-state index contributed by atoms with van der Waals surface area (Å²) in [5, 5.41) is 0.342. The lowest BCUT2D eigenvalue weighted by Gasteiger charge is -2.39. The minimum Gasteiger partial charge on any atom is -0.616 e. The lowest BCUT2D eigenvalue weighted by molar-refractivity contribution is -0.144. The van der Waals surface area contributed by atoms with Gasteiger partial charge in [-0.1, -0.05) is 11.6 Å². The van der Waals surface area contributed by atoms with Crippen molar-refractivity contribution in [3.8, 4) is 11.3 Å². The summed E-state index contributed by atoms with van der Waals surface area (Å²) in [6, 6.07) is 2.42. The molecule has 1 aliphatic rings. The van der Waals surface area contributed by atoms with E-state index in [1.165, 1.54) is 30.2 Å². The van der Waals surface area contributed by atoms with Crippen LogP contribution in [0.2, 0.25) is 5.02 Å². The molecule has 1 fully saturated rings. The molecule has 31 heavy (non-hydrogen) atoms. The van der Waals surface area contributed by atoms with Gasteiger partial charge in [0.25, 0.3) is 5.91 Å². The van der Waals surface area contributed by atoms with Crippen molar-refractivity contribution >= 4 is 28.7 Å². The summed E-state index contributed by atoms with van der Waals surface area (Å²) < 4.78 is 55.0. The van der Waals surface area contributed by atoms with Crippen LogP contribution in [0, 0.1) is 6.92 Å². The highest BCUT2D eigenvalue weighted by Crippen LogP contribution is 2.43. The second-order valence-corrected chi connectivity index (χ2v) is 11.2. The standard InChI is InChI=1S/C21H25ClF3N3O2S/c1-12(2)28-17(19(29)27-8-9-31(30)20(4,5)11-27)16(13(3)18(28)21(23,24)25)15-7-6-14(22)10-26-15/h6-7,10,12H,8-9,11H2,1-5H3. The van der Waals surface area contributed by atoms with Crippen LogP contribution in [0.15, 0.2) is 18.3 Å². The highest BCUT2D eigenvalue weighted by atomic mass is 35.5. The molecule has 1 amide bonds. The lowest BCUT2D eigenvalue weighted by Crippen LogP contribution is -2.55. The zero-order valence-electron chi connectivity index (χ0n) is 18.0. The summed E-state index contributed by atoms with van der Waals surface area (Å²) in [6.45, 7) is 8.57. The molecular formula is C21H25ClF3N3O2S. The van der Waals surface area contributed by atoms with E-state index < -0.39 is 39.7 Å². The number of aromatic nitrogens is 2. The van der Waals surface area contributed by atoms with E-state index in [0.717, 1.165) is 4.57 Å². The van der Waals surface area contributed by atoms with Crippen LogP contribution in [0.4, 0.5) is 13.2 Å². The van der Waals surface area contributed by atoms with Gasteiger partial charge in [0.05, 0.1) is 23.8 Å². The third-order valence-corrected chi connectivity index (χ3v) is 7.58. The molecule has 0 saturated carbocycles. The number of alkyl halides is 3. The number of rotatable bonds is 3. The largest absolute Gasteiger partial charge is 0.616 e. The van der Waals surface area contributed by atoms with Gasteiger partial charge in [-0.2, -0.15) is 13.2 Å². The predicted molar refractivity (Wildman–Crippen MR) is 116 cm³/mol. The fraction of sp³-hybridized carbons (Fsp3) is 0.524. The number of hydrogen-bond acceptors (Lipinski definition) is 3. The maximum absolute atomic E-state index is 14.1. The average Bonchev–Trinajstić information content (AvgIpc) is 2.97. The van der Waals surface area contributed by atoms with Crippen molar-refractivity contribution in [2.24, 2.45) is 0 Å². The number of carbonyl (C=O) groups excluding carboxylic acids is 1. The molecule has 1 atom stereocenters. The first-order chi connectivity index (χ1) is 14.3. The topological polar surface area (TPSA) is 61.2 Å². The van der Waals surface area contributed by atoms with Gasteiger partial charge in [0.15, 0.2) is 0 Å². The Hall–Kier alpha value is -1.71. The first-order valence-electron chi connectivity index (χ1n) is 9.87. The third-order valence-electron chi connectivity index (χ3n) is 5.44. The smallest absolute Gasteiger partial charge is 0.431 e. The average molecular weight is 476 g/mol. The molecule has 2 aromatic rings. The fourth-order valence-corrected chi connectivity index (χ4v) is 5.38. The van der Waals surface area contributed by atoms with Crippen LogP contribution in [0.5, 0.6) is 0 Å². The van der Waals surface area contributed by atoms with Crippen molar-refractivity contribution in [3.63, 3.8) is 0 Å². The molecule has 3 rings (SSSR count). The SMILES string of the molecule is Cc1c(-c2ccc(Cl)cn2)c(C(=O)N2CC[S+]([O-])C(C)(C)C2)n(C(C)C)c1C(F)(F)F. The van der Waals surface area contributed by atoms with Crippen LogP contribution in [0.1, 0.15) is 55.5 Å². The number of nitrogens with zero attached hydrogens (tertiary/aromatic N) is 3. The van der Waals surface area contributed by atoms with Crippen LogP contribution in [-0.2, 0) is 17.4 Å². The Balaban J connectivity index is 2.26. The molecule has 0 radical (unpaired) electrons. The third kappa shape index (κ3) is 4.45. The van der Waals surface area contributed by atoms with E-state index in [4.69, 9.17) is 11.6 Å². The molecule has 3 heterocycles. The highest BCUT2D eigenvalue weighted by Gasteiger charge is 2.45. The van der Waals surface area contributed by atoms with Gasteiger partial charge in [0.1, 0.15) is 21.9 Å². The fourth-order valence-electron chi connectivity index (χ4n) is 4.02. The molecule has 0 bridgehead atoms. The van der Waals surface area contributed by atoms with Gasteiger partial charge < -0.3 is 14.0 Å². The minimum absolute atomic E-state index is 0.0563. The van der Waals surface area contributed by atoms with Gasteiger partial charge in [-0.25, -0.2) is 0 Å². The van der Waals surface area contributed by atoms with Crippen molar-refractivity contribution in [2.75, 3.05) is 18.8 Å². The van der Waals surface area contributed by atoms with Crippen LogP contribution >= 0.6 is 11.6 Å². The van der Waals surface area contributed by atoms with Gasteiger partial charge in [0, 0.05) is 17.8 Å². The molecule has 2 aromatic heterocycles. The zero-order valence-corrected chi connectivity index (χ0v) is 19.6. The molecule has 0 aliphatic carbocycles. The molecule has 0 N–H and O–H groups in total. The molecule has 5 nitrogen and oxygen atoms in total. The maximum atomic E-state index is 14.1. The summed E-state index contributed by atoms with van der Waals surface area (Å²) in [4.78, 5) is 19.4. The van der Waals surface area contributed by atoms with E-state index in [-0.39, 0.29) is 41.4 Å². The van der Waals surface area contributed by atoms with E-state index in [0.29, 0.717) is 5.02 Å². The molecule has 0 spiro atoms. The normalized spacial score (nSPS) is 19.2. The van der Waals surface area contributed by atoms with Crippen molar-refractivity contribution in [3.05, 3.63) is 40.3 Å². The van der Waals surface area contributed by atoms with Gasteiger partial charge in [0.2, 0.25) is 0 Å². The summed E-state index contributed by atoms with van der Waals surface area (Å²) in [5.41, 5.74) is -0.586. The summed E-state index contributed by atoms with van der Waals surface area (Å²) in [6.07, 6.45) is -3.31. The van der Waals surface area contributed by atoms with E-state index >= 15 is 0 Å². The Morgan fingerprint density at radius 1 is 1.32 bits per heavy atom. The van der Waals surface area contributed by atoms with Crippen molar-refractivity contribution in [1.29, 1.82) is 0 Å². The van der Waals surface area contributed by atoms with Crippen molar-refractivity contribution < 1.29 is 22.5 Å². The molecule has 170 valence electrons. The molecule has 1 saturated heterocycles. The monoisotopic (exact) mass is 475 g/mol. The quantitative estimate of drug-likeness (QED) is 0.580. The van der Waals surface area contributed by atoms with Crippen LogP contribution in [-0.4, -0.2) is 48.5 Å². The Labute approximate surface area is 187 Å². The van der Waals surface area contributed by atoms with Crippen LogP contribution < -0.4 is 0 Å². The zero-order chi connectivity index (χ0) is 23.3. The van der Waals surface area contributed by atoms with Crippen LogP contribution in [0.25, 0.3) is 11.3 Å². The van der Waals surface area contributed by atoms with Gasteiger partial charge in [-0.15, -0.1) is 0 Å². The van der Waals surface area contributed by atoms with E-state index in [1.807, 2.05) is 0 Å². The summed E-state index contributed by atoms with van der Waals surface area (Å²) in [5.74, 6) is -0.246. The molecule has 1 unspecified atom stereocenters. The Bertz CT molecular complexity index is 987. The predicted octanol–water partition coefficient (Wildman–Crippen LogP) is 5.09. The van der Waals surface area contributed by atoms with Crippen molar-refractivity contribution in [1.82, 2.24) is 14.5 Å². The Morgan fingerprint density at radius 3 is 2.45 bits per heavy atom. The maximum Gasteiger partial charge on any atom is 0.431 e. The molecule has 1 aliphatic heterocycles. The Kier molecular flexibility index (Phi) is 6.43. The van der Waals surface area contributed by atoms with Crippen molar-refractivity contribution in [2.45, 2.75) is 51.6 Å². The van der Waals surface area contributed by atoms with E-state index in [1.54, 1.807) is 27.7 Å². The minimum atomic E-state index is -4.66. The lowest BCUT2D eigenvalue weighted by atomic mass is 10.0. The first-order valence-corrected chi connectivity index (χ1v) is 11.6. The summed E-state index contributed by atoms with van der Waals surface area (Å²) in [7, 11) is 0. The number of carbonyl (C=O) groups is 1. The molecule has 0 aromatic carbocycles. The van der Waals surface area contributed by atoms with Gasteiger partial charge >= 0.3 is 6.18 Å². The second kappa shape index (κ2) is 8.33. The number of halogens is 4. The van der Waals surface area contributed by atoms with E-state index in [9.17, 15) is 22.5 Å². The highest BCUT2D eigenvalue weighted by molar-refractivity contribution is 7.92.